The minimum atomic E-state index is 0.410. The molecular formula is C16H27BrN2. The number of rotatable bonds is 9. The Balaban J connectivity index is 2.62. The standard InChI is InChI=1S/C16H27BrN2/c1-4-9-16(13-17,10-5-2)14-19(3)12-15-8-6-7-11-18-15/h6-8,11H,4-5,9-10,12-14H2,1-3H3. The van der Waals surface area contributed by atoms with Crippen molar-refractivity contribution in [2.45, 2.75) is 46.1 Å². The van der Waals surface area contributed by atoms with Gasteiger partial charge in [0.15, 0.2) is 0 Å². The molecule has 0 amide bonds. The number of hydrogen-bond acceptors (Lipinski definition) is 2. The first-order valence-corrected chi connectivity index (χ1v) is 8.42. The van der Waals surface area contributed by atoms with E-state index in [4.69, 9.17) is 0 Å². The van der Waals surface area contributed by atoms with Crippen LogP contribution in [0.25, 0.3) is 0 Å². The smallest absolute Gasteiger partial charge is 0.0543 e. The molecule has 1 heterocycles. The topological polar surface area (TPSA) is 16.1 Å². The highest BCUT2D eigenvalue weighted by Crippen LogP contribution is 2.33. The number of alkyl halides is 1. The lowest BCUT2D eigenvalue weighted by Crippen LogP contribution is -2.37. The molecule has 0 aliphatic heterocycles. The molecule has 0 aliphatic carbocycles. The van der Waals surface area contributed by atoms with E-state index in [0.29, 0.717) is 5.41 Å². The molecule has 0 aromatic carbocycles. The van der Waals surface area contributed by atoms with Crippen LogP contribution in [0, 0.1) is 5.41 Å². The highest BCUT2D eigenvalue weighted by molar-refractivity contribution is 9.09. The Labute approximate surface area is 126 Å². The first kappa shape index (κ1) is 16.6. The first-order valence-electron chi connectivity index (χ1n) is 7.30. The summed E-state index contributed by atoms with van der Waals surface area (Å²) in [6.07, 6.45) is 6.96. The number of aromatic nitrogens is 1. The van der Waals surface area contributed by atoms with E-state index >= 15 is 0 Å². The fraction of sp³-hybridized carbons (Fsp3) is 0.688. The van der Waals surface area contributed by atoms with Gasteiger partial charge in [-0.2, -0.15) is 0 Å². The normalized spacial score (nSPS) is 12.1. The van der Waals surface area contributed by atoms with Gasteiger partial charge >= 0.3 is 0 Å². The monoisotopic (exact) mass is 326 g/mol. The van der Waals surface area contributed by atoms with E-state index in [2.05, 4.69) is 58.8 Å². The van der Waals surface area contributed by atoms with Crippen LogP contribution in [0.15, 0.2) is 24.4 Å². The molecule has 0 N–H and O–H groups in total. The van der Waals surface area contributed by atoms with Gasteiger partial charge in [-0.3, -0.25) is 9.88 Å². The van der Waals surface area contributed by atoms with Crippen LogP contribution in [0.2, 0.25) is 0 Å². The fourth-order valence-corrected chi connectivity index (χ4v) is 3.65. The molecule has 0 unspecified atom stereocenters. The van der Waals surface area contributed by atoms with Gasteiger partial charge in [-0.15, -0.1) is 0 Å². The molecule has 0 saturated carbocycles. The zero-order valence-electron chi connectivity index (χ0n) is 12.5. The van der Waals surface area contributed by atoms with Gasteiger partial charge in [0.25, 0.3) is 0 Å². The summed E-state index contributed by atoms with van der Waals surface area (Å²) in [5.74, 6) is 0. The predicted octanol–water partition coefficient (Wildman–Crippen LogP) is 4.49. The van der Waals surface area contributed by atoms with Gasteiger partial charge in [-0.25, -0.2) is 0 Å². The Morgan fingerprint density at radius 1 is 1.21 bits per heavy atom. The largest absolute Gasteiger partial charge is 0.300 e. The Morgan fingerprint density at radius 2 is 1.89 bits per heavy atom. The van der Waals surface area contributed by atoms with Gasteiger partial charge < -0.3 is 0 Å². The molecule has 108 valence electrons. The molecule has 19 heavy (non-hydrogen) atoms. The van der Waals surface area contributed by atoms with Crippen molar-refractivity contribution in [2.75, 3.05) is 18.9 Å². The lowest BCUT2D eigenvalue weighted by Gasteiger charge is -2.35. The lowest BCUT2D eigenvalue weighted by atomic mass is 9.81. The van der Waals surface area contributed by atoms with Crippen LogP contribution in [0.1, 0.15) is 45.2 Å². The van der Waals surface area contributed by atoms with Gasteiger partial charge in [0, 0.05) is 24.6 Å². The van der Waals surface area contributed by atoms with Crippen LogP contribution in [-0.4, -0.2) is 28.8 Å². The Kier molecular flexibility index (Phi) is 7.62. The van der Waals surface area contributed by atoms with Crippen LogP contribution in [0.3, 0.4) is 0 Å². The van der Waals surface area contributed by atoms with Gasteiger partial charge in [0.2, 0.25) is 0 Å². The van der Waals surface area contributed by atoms with Crippen molar-refractivity contribution in [2.24, 2.45) is 5.41 Å². The number of hydrogen-bond donors (Lipinski definition) is 0. The van der Waals surface area contributed by atoms with Crippen LogP contribution in [-0.2, 0) is 6.54 Å². The van der Waals surface area contributed by atoms with E-state index in [1.807, 2.05) is 12.3 Å². The molecule has 1 aromatic rings. The van der Waals surface area contributed by atoms with E-state index in [-0.39, 0.29) is 0 Å². The maximum absolute atomic E-state index is 4.41. The highest BCUT2D eigenvalue weighted by Gasteiger charge is 2.28. The van der Waals surface area contributed by atoms with Crippen molar-refractivity contribution in [3.63, 3.8) is 0 Å². The summed E-state index contributed by atoms with van der Waals surface area (Å²) in [5.41, 5.74) is 1.56. The quantitative estimate of drug-likeness (QED) is 0.621. The molecule has 0 fully saturated rings. The second kappa shape index (κ2) is 8.70. The van der Waals surface area contributed by atoms with E-state index in [9.17, 15) is 0 Å². The maximum Gasteiger partial charge on any atom is 0.0543 e. The second-order valence-electron chi connectivity index (χ2n) is 5.63. The second-order valence-corrected chi connectivity index (χ2v) is 6.19. The van der Waals surface area contributed by atoms with E-state index in [0.717, 1.165) is 24.1 Å². The predicted molar refractivity (Wildman–Crippen MR) is 86.6 cm³/mol. The summed E-state index contributed by atoms with van der Waals surface area (Å²) in [4.78, 5) is 6.82. The highest BCUT2D eigenvalue weighted by atomic mass is 79.9. The Bertz CT molecular complexity index is 334. The molecule has 0 spiro atoms. The van der Waals surface area contributed by atoms with E-state index in [1.165, 1.54) is 25.7 Å². The van der Waals surface area contributed by atoms with Gasteiger partial charge in [-0.1, -0.05) is 48.7 Å². The third-order valence-electron chi connectivity index (χ3n) is 3.61. The molecule has 0 atom stereocenters. The number of pyridine rings is 1. The van der Waals surface area contributed by atoms with Crippen LogP contribution in [0.5, 0.6) is 0 Å². The summed E-state index contributed by atoms with van der Waals surface area (Å²) in [6.45, 7) is 6.64. The van der Waals surface area contributed by atoms with Gasteiger partial charge in [0.05, 0.1) is 5.69 Å². The first-order chi connectivity index (χ1) is 9.15. The van der Waals surface area contributed by atoms with Crippen molar-refractivity contribution in [1.82, 2.24) is 9.88 Å². The fourth-order valence-electron chi connectivity index (χ4n) is 2.92. The van der Waals surface area contributed by atoms with Crippen molar-refractivity contribution >= 4 is 15.9 Å². The lowest BCUT2D eigenvalue weighted by molar-refractivity contribution is 0.165. The summed E-state index contributed by atoms with van der Waals surface area (Å²) >= 11 is 3.75. The minimum absolute atomic E-state index is 0.410. The van der Waals surface area contributed by atoms with Crippen molar-refractivity contribution in [3.8, 4) is 0 Å². The molecule has 0 aliphatic rings. The van der Waals surface area contributed by atoms with Crippen LogP contribution >= 0.6 is 15.9 Å². The molecule has 2 nitrogen and oxygen atoms in total. The third-order valence-corrected chi connectivity index (χ3v) is 4.80. The van der Waals surface area contributed by atoms with Crippen LogP contribution < -0.4 is 0 Å². The third kappa shape index (κ3) is 5.62. The van der Waals surface area contributed by atoms with Crippen molar-refractivity contribution < 1.29 is 0 Å². The zero-order valence-corrected chi connectivity index (χ0v) is 14.1. The molecule has 0 saturated heterocycles. The SMILES string of the molecule is CCCC(CBr)(CCC)CN(C)Cc1ccccn1. The average molecular weight is 327 g/mol. The molecule has 0 radical (unpaired) electrons. The minimum Gasteiger partial charge on any atom is -0.300 e. The molecule has 0 bridgehead atoms. The zero-order chi connectivity index (χ0) is 14.1. The number of nitrogens with zero attached hydrogens (tertiary/aromatic N) is 2. The van der Waals surface area contributed by atoms with Crippen molar-refractivity contribution in [1.29, 1.82) is 0 Å². The van der Waals surface area contributed by atoms with Crippen LogP contribution in [0.4, 0.5) is 0 Å². The summed E-state index contributed by atoms with van der Waals surface area (Å²) in [6, 6.07) is 6.14. The molecule has 1 aromatic heterocycles. The molecule has 3 heteroatoms. The van der Waals surface area contributed by atoms with E-state index < -0.39 is 0 Å². The molecular weight excluding hydrogens is 300 g/mol. The summed E-state index contributed by atoms with van der Waals surface area (Å²) < 4.78 is 0. The number of halogens is 1. The van der Waals surface area contributed by atoms with Gasteiger partial charge in [0.1, 0.15) is 0 Å². The van der Waals surface area contributed by atoms with E-state index in [1.54, 1.807) is 0 Å². The Hall–Kier alpha value is -0.410. The maximum atomic E-state index is 4.41. The molecule has 1 rings (SSSR count). The summed E-state index contributed by atoms with van der Waals surface area (Å²) in [5, 5.41) is 1.09. The Morgan fingerprint density at radius 3 is 2.37 bits per heavy atom. The van der Waals surface area contributed by atoms with Gasteiger partial charge in [-0.05, 0) is 37.4 Å². The summed E-state index contributed by atoms with van der Waals surface area (Å²) in [7, 11) is 2.21. The average Bonchev–Trinajstić information content (AvgIpc) is 2.40. The van der Waals surface area contributed by atoms with Crippen molar-refractivity contribution in [3.05, 3.63) is 30.1 Å².